The highest BCUT2D eigenvalue weighted by Crippen LogP contribution is 2.15. The van der Waals surface area contributed by atoms with Crippen LogP contribution < -0.4 is 5.32 Å². The lowest BCUT2D eigenvalue weighted by Crippen LogP contribution is -1.99. The summed E-state index contributed by atoms with van der Waals surface area (Å²) < 4.78 is 28.0. The molecule has 21 heavy (non-hydrogen) atoms. The maximum Gasteiger partial charge on any atom is 0.148 e. The Morgan fingerprint density at radius 1 is 1.43 bits per heavy atom. The van der Waals surface area contributed by atoms with Gasteiger partial charge in [-0.05, 0) is 37.5 Å². The molecule has 1 aromatic rings. The van der Waals surface area contributed by atoms with Crippen molar-refractivity contribution < 1.29 is 8.78 Å². The monoisotopic (exact) mass is 293 g/mol. The molecule has 0 radical (unpaired) electrons. The maximum atomic E-state index is 13.2. The van der Waals surface area contributed by atoms with Gasteiger partial charge in [-0.1, -0.05) is 20.1 Å². The molecule has 1 heterocycles. The van der Waals surface area contributed by atoms with Gasteiger partial charge >= 0.3 is 0 Å². The molecule has 1 N–H and O–H groups in total. The average Bonchev–Trinajstić information content (AvgIpc) is 2.81. The molecule has 3 nitrogen and oxygen atoms in total. The molecule has 0 amide bonds. The fourth-order valence-corrected chi connectivity index (χ4v) is 1.74. The van der Waals surface area contributed by atoms with Crippen LogP contribution in [-0.4, -0.2) is 9.55 Å². The van der Waals surface area contributed by atoms with E-state index in [0.29, 0.717) is 30.8 Å². The van der Waals surface area contributed by atoms with Gasteiger partial charge in [0.1, 0.15) is 11.6 Å². The summed E-state index contributed by atoms with van der Waals surface area (Å²) >= 11 is 0. The van der Waals surface area contributed by atoms with Crippen molar-refractivity contribution in [1.29, 1.82) is 0 Å². The van der Waals surface area contributed by atoms with Gasteiger partial charge < -0.3 is 9.88 Å². The number of hydrogen-bond donors (Lipinski definition) is 1. The molecule has 0 aliphatic carbocycles. The second-order valence-corrected chi connectivity index (χ2v) is 4.79. The zero-order chi connectivity index (χ0) is 15.8. The molecule has 5 heteroatoms. The number of imidazole rings is 1. The largest absolute Gasteiger partial charge is 0.343 e. The number of aromatic nitrogens is 2. The first-order chi connectivity index (χ1) is 9.90. The fourth-order valence-electron chi connectivity index (χ4n) is 1.74. The second-order valence-electron chi connectivity index (χ2n) is 4.79. The Kier molecular flexibility index (Phi) is 6.59. The highest BCUT2D eigenvalue weighted by molar-refractivity contribution is 5.37. The van der Waals surface area contributed by atoms with Crippen molar-refractivity contribution in [1.82, 2.24) is 9.55 Å². The van der Waals surface area contributed by atoms with E-state index < -0.39 is 5.83 Å². The minimum Gasteiger partial charge on any atom is -0.343 e. The van der Waals surface area contributed by atoms with Crippen LogP contribution in [0.4, 0.5) is 14.6 Å². The summed E-state index contributed by atoms with van der Waals surface area (Å²) in [5, 5.41) is 2.99. The third-order valence-corrected chi connectivity index (χ3v) is 2.64. The quantitative estimate of drug-likeness (QED) is 0.691. The van der Waals surface area contributed by atoms with E-state index in [-0.39, 0.29) is 5.83 Å². The molecule has 0 saturated carbocycles. The normalized spacial score (nSPS) is 12.4. The lowest BCUT2D eigenvalue weighted by atomic mass is 10.1. The Bertz CT molecular complexity index is 568. The van der Waals surface area contributed by atoms with Crippen LogP contribution >= 0.6 is 0 Å². The Morgan fingerprint density at radius 3 is 2.71 bits per heavy atom. The Balaban J connectivity index is 2.79. The van der Waals surface area contributed by atoms with Crippen LogP contribution in [-0.2, 0) is 6.54 Å². The first-order valence-corrected chi connectivity index (χ1v) is 6.73. The SMILES string of the molecule is C=C(F)/C=C(\CC=C(F)CC)Cn1cnc(NC(=C)C)c1. The van der Waals surface area contributed by atoms with E-state index >= 15 is 0 Å². The van der Waals surface area contributed by atoms with Crippen LogP contribution in [0.2, 0.25) is 0 Å². The summed E-state index contributed by atoms with van der Waals surface area (Å²) in [7, 11) is 0. The van der Waals surface area contributed by atoms with Crippen molar-refractivity contribution in [3.05, 3.63) is 60.8 Å². The third kappa shape index (κ3) is 6.70. The first kappa shape index (κ1) is 16.9. The lowest BCUT2D eigenvalue weighted by Gasteiger charge is -2.06. The molecule has 0 saturated heterocycles. The van der Waals surface area contributed by atoms with Gasteiger partial charge in [0.25, 0.3) is 0 Å². The predicted molar refractivity (Wildman–Crippen MR) is 83.1 cm³/mol. The molecule has 0 spiro atoms. The van der Waals surface area contributed by atoms with Gasteiger partial charge in [-0.3, -0.25) is 0 Å². The van der Waals surface area contributed by atoms with Gasteiger partial charge in [-0.2, -0.15) is 0 Å². The van der Waals surface area contributed by atoms with E-state index in [2.05, 4.69) is 23.5 Å². The van der Waals surface area contributed by atoms with E-state index in [1.54, 1.807) is 24.0 Å². The van der Waals surface area contributed by atoms with E-state index in [1.807, 2.05) is 6.92 Å². The molecule has 0 fully saturated rings. The molecule has 0 unspecified atom stereocenters. The molecule has 1 rings (SSSR count). The van der Waals surface area contributed by atoms with Crippen molar-refractivity contribution in [2.45, 2.75) is 33.2 Å². The highest BCUT2D eigenvalue weighted by atomic mass is 19.1. The zero-order valence-corrected chi connectivity index (χ0v) is 12.5. The molecule has 1 aromatic heterocycles. The molecular formula is C16H21F2N3. The topological polar surface area (TPSA) is 29.9 Å². The number of nitrogens with zero attached hydrogens (tertiary/aromatic N) is 2. The molecule has 0 atom stereocenters. The van der Waals surface area contributed by atoms with Crippen molar-refractivity contribution in [3.8, 4) is 0 Å². The summed E-state index contributed by atoms with van der Waals surface area (Å²) in [6.07, 6.45) is 6.86. The summed E-state index contributed by atoms with van der Waals surface area (Å²) in [5.74, 6) is -0.0902. The summed E-state index contributed by atoms with van der Waals surface area (Å²) in [4.78, 5) is 4.16. The van der Waals surface area contributed by atoms with Crippen molar-refractivity contribution in [2.75, 3.05) is 5.32 Å². The maximum absolute atomic E-state index is 13.2. The van der Waals surface area contributed by atoms with E-state index in [4.69, 9.17) is 0 Å². The summed E-state index contributed by atoms with van der Waals surface area (Å²) in [6, 6.07) is 0. The van der Waals surface area contributed by atoms with Gasteiger partial charge in [-0.25, -0.2) is 13.8 Å². The van der Waals surface area contributed by atoms with E-state index in [0.717, 1.165) is 5.70 Å². The van der Waals surface area contributed by atoms with Crippen LogP contribution in [0.5, 0.6) is 0 Å². The lowest BCUT2D eigenvalue weighted by molar-refractivity contribution is 0.598. The van der Waals surface area contributed by atoms with Crippen LogP contribution in [0.15, 0.2) is 60.8 Å². The van der Waals surface area contributed by atoms with Crippen LogP contribution in [0.3, 0.4) is 0 Å². The smallest absolute Gasteiger partial charge is 0.148 e. The molecule has 0 aliphatic heterocycles. The Labute approximate surface area is 124 Å². The standard InChI is InChI=1S/C16H21F2N3/c1-5-15(18)7-6-14(8-13(4)17)9-21-10-16(19-11-21)20-12(2)3/h7-8,10-11,20H,2,4-6,9H2,1,3H3/b14-8+,15-7?. The molecule has 114 valence electrons. The van der Waals surface area contributed by atoms with Gasteiger partial charge in [0.05, 0.1) is 12.2 Å². The average molecular weight is 293 g/mol. The predicted octanol–water partition coefficient (Wildman–Crippen LogP) is 4.89. The summed E-state index contributed by atoms with van der Waals surface area (Å²) in [5.41, 5.74) is 1.49. The highest BCUT2D eigenvalue weighted by Gasteiger charge is 2.03. The number of rotatable bonds is 8. The second kappa shape index (κ2) is 8.19. The number of allylic oxidation sites excluding steroid dienone is 6. The number of nitrogens with one attached hydrogen (secondary N) is 1. The minimum atomic E-state index is -0.546. The molecular weight excluding hydrogens is 272 g/mol. The van der Waals surface area contributed by atoms with Crippen molar-refractivity contribution >= 4 is 5.82 Å². The molecule has 0 bridgehead atoms. The van der Waals surface area contributed by atoms with Crippen LogP contribution in [0, 0.1) is 0 Å². The van der Waals surface area contributed by atoms with Gasteiger partial charge in [-0.15, -0.1) is 0 Å². The first-order valence-electron chi connectivity index (χ1n) is 6.73. The zero-order valence-electron chi connectivity index (χ0n) is 12.5. The molecule has 0 aliphatic rings. The minimum absolute atomic E-state index is 0.208. The van der Waals surface area contributed by atoms with Crippen LogP contribution in [0.1, 0.15) is 26.7 Å². The molecule has 0 aromatic carbocycles. The number of halogens is 2. The van der Waals surface area contributed by atoms with Crippen molar-refractivity contribution in [2.24, 2.45) is 0 Å². The Morgan fingerprint density at radius 2 is 2.14 bits per heavy atom. The van der Waals surface area contributed by atoms with Gasteiger partial charge in [0, 0.05) is 18.4 Å². The van der Waals surface area contributed by atoms with Crippen molar-refractivity contribution in [3.63, 3.8) is 0 Å². The summed E-state index contributed by atoms with van der Waals surface area (Å²) in [6.45, 7) is 10.9. The number of hydrogen-bond acceptors (Lipinski definition) is 2. The fraction of sp³-hybridized carbons (Fsp3) is 0.312. The van der Waals surface area contributed by atoms with E-state index in [9.17, 15) is 8.78 Å². The Hall–Kier alpha value is -2.17. The van der Waals surface area contributed by atoms with Crippen LogP contribution in [0.25, 0.3) is 0 Å². The third-order valence-electron chi connectivity index (χ3n) is 2.64. The van der Waals surface area contributed by atoms with Gasteiger partial charge in [0.15, 0.2) is 0 Å². The number of anilines is 1. The van der Waals surface area contributed by atoms with E-state index in [1.165, 1.54) is 12.2 Å². The van der Waals surface area contributed by atoms with Gasteiger partial charge in [0.2, 0.25) is 0 Å².